The third-order valence-electron chi connectivity index (χ3n) is 2.18. The van der Waals surface area contributed by atoms with Gasteiger partial charge in [-0.2, -0.15) is 0 Å². The van der Waals surface area contributed by atoms with Crippen molar-refractivity contribution in [1.82, 2.24) is 5.32 Å². The van der Waals surface area contributed by atoms with Crippen LogP contribution in [0.1, 0.15) is 19.4 Å². The Labute approximate surface area is 102 Å². The molecule has 0 radical (unpaired) electrons. The number of hydrogen-bond acceptors (Lipinski definition) is 3. The molecular weight excluding hydrogens is 276 g/mol. The molecule has 0 saturated heterocycles. The summed E-state index contributed by atoms with van der Waals surface area (Å²) >= 11 is 5.06. The van der Waals surface area contributed by atoms with E-state index in [0.29, 0.717) is 6.54 Å². The molecule has 1 amide bonds. The smallest absolute Gasteiger partial charge is 0.224 e. The number of nitrogens with two attached hydrogens (primary N) is 1. The van der Waals surface area contributed by atoms with Crippen molar-refractivity contribution in [1.29, 1.82) is 0 Å². The van der Waals surface area contributed by atoms with Crippen LogP contribution in [0.4, 0.5) is 0 Å². The maximum atomic E-state index is 11.0. The van der Waals surface area contributed by atoms with Gasteiger partial charge in [0.05, 0.1) is 9.20 Å². The zero-order valence-electron chi connectivity index (χ0n) is 8.84. The van der Waals surface area contributed by atoms with Crippen molar-refractivity contribution < 1.29 is 4.79 Å². The molecule has 15 heavy (non-hydrogen) atoms. The zero-order valence-corrected chi connectivity index (χ0v) is 11.2. The fourth-order valence-corrected chi connectivity index (χ4v) is 2.25. The molecule has 0 aliphatic carbocycles. The number of carbonyl (C=O) groups excluding carboxylic acids is 1. The molecule has 0 spiro atoms. The maximum Gasteiger partial charge on any atom is 0.224 e. The van der Waals surface area contributed by atoms with Gasteiger partial charge in [-0.05, 0) is 46.8 Å². The summed E-state index contributed by atoms with van der Waals surface area (Å²) in [5, 5.41) is 5.30. The van der Waals surface area contributed by atoms with Crippen LogP contribution in [0.2, 0.25) is 0 Å². The van der Waals surface area contributed by atoms with Gasteiger partial charge in [-0.1, -0.05) is 0 Å². The first-order valence-corrected chi connectivity index (χ1v) is 6.32. The van der Waals surface area contributed by atoms with Gasteiger partial charge >= 0.3 is 0 Å². The Bertz CT molecular complexity index is 349. The molecule has 3 nitrogen and oxygen atoms in total. The van der Waals surface area contributed by atoms with Crippen molar-refractivity contribution in [2.24, 2.45) is 11.1 Å². The number of rotatable bonds is 5. The summed E-state index contributed by atoms with van der Waals surface area (Å²) in [4.78, 5) is 11.0. The lowest BCUT2D eigenvalue weighted by Crippen LogP contribution is -2.40. The lowest BCUT2D eigenvalue weighted by atomic mass is 9.93. The highest BCUT2D eigenvalue weighted by molar-refractivity contribution is 9.11. The van der Waals surface area contributed by atoms with Gasteiger partial charge in [0.2, 0.25) is 5.91 Å². The highest BCUT2D eigenvalue weighted by atomic mass is 79.9. The van der Waals surface area contributed by atoms with Crippen LogP contribution in [0.15, 0.2) is 15.2 Å². The first-order valence-electron chi connectivity index (χ1n) is 4.65. The van der Waals surface area contributed by atoms with Crippen LogP contribution in [0.5, 0.6) is 0 Å². The Kier molecular flexibility index (Phi) is 4.31. The van der Waals surface area contributed by atoms with E-state index in [1.807, 2.05) is 13.8 Å². The molecule has 84 valence electrons. The molecule has 1 rings (SSSR count). The largest absolute Gasteiger partial charge is 0.369 e. The summed E-state index contributed by atoms with van der Waals surface area (Å²) in [6.07, 6.45) is 0. The third kappa shape index (κ3) is 3.93. The first kappa shape index (κ1) is 12.7. The zero-order chi connectivity index (χ0) is 11.5. The Balaban J connectivity index is 2.36. The van der Waals surface area contributed by atoms with Crippen LogP contribution in [-0.2, 0) is 11.3 Å². The fourth-order valence-electron chi connectivity index (χ4n) is 1.04. The molecule has 1 aromatic heterocycles. The second kappa shape index (κ2) is 5.09. The fraction of sp³-hybridized carbons (Fsp3) is 0.500. The van der Waals surface area contributed by atoms with Crippen LogP contribution in [0.3, 0.4) is 0 Å². The van der Waals surface area contributed by atoms with E-state index in [2.05, 4.69) is 32.7 Å². The number of amides is 1. The molecule has 0 atom stereocenters. The Morgan fingerprint density at radius 1 is 1.67 bits per heavy atom. The standard InChI is InChI=1S/C10H15BrN2OS/c1-10(2,9(12)14)6-13-4-7-3-8(11)15-5-7/h3,5,13H,4,6H2,1-2H3,(H2,12,14). The Hall–Kier alpha value is -0.390. The summed E-state index contributed by atoms with van der Waals surface area (Å²) in [5.41, 5.74) is 5.99. The lowest BCUT2D eigenvalue weighted by molar-refractivity contribution is -0.125. The van der Waals surface area contributed by atoms with Gasteiger partial charge in [0.15, 0.2) is 0 Å². The summed E-state index contributed by atoms with van der Waals surface area (Å²) in [7, 11) is 0. The molecule has 3 N–H and O–H groups in total. The molecular formula is C10H15BrN2OS. The van der Waals surface area contributed by atoms with Crippen LogP contribution in [0, 0.1) is 5.41 Å². The molecule has 0 fully saturated rings. The topological polar surface area (TPSA) is 55.1 Å². The summed E-state index contributed by atoms with van der Waals surface area (Å²) in [5.74, 6) is -0.276. The van der Waals surface area contributed by atoms with Crippen molar-refractivity contribution in [2.75, 3.05) is 6.54 Å². The summed E-state index contributed by atoms with van der Waals surface area (Å²) in [6.45, 7) is 5.03. The molecule has 0 bridgehead atoms. The van der Waals surface area contributed by atoms with Crippen molar-refractivity contribution in [3.8, 4) is 0 Å². The minimum absolute atomic E-state index is 0.276. The number of halogens is 1. The predicted octanol–water partition coefficient (Wildman–Crippen LogP) is 2.11. The van der Waals surface area contributed by atoms with E-state index >= 15 is 0 Å². The van der Waals surface area contributed by atoms with Crippen LogP contribution in [0.25, 0.3) is 0 Å². The van der Waals surface area contributed by atoms with Gasteiger partial charge in [-0.3, -0.25) is 4.79 Å². The van der Waals surface area contributed by atoms with Gasteiger partial charge < -0.3 is 11.1 Å². The van der Waals surface area contributed by atoms with E-state index in [9.17, 15) is 4.79 Å². The SMILES string of the molecule is CC(C)(CNCc1csc(Br)c1)C(N)=O. The molecule has 0 aliphatic rings. The van der Waals surface area contributed by atoms with Crippen molar-refractivity contribution in [3.05, 3.63) is 20.8 Å². The lowest BCUT2D eigenvalue weighted by Gasteiger charge is -2.20. The van der Waals surface area contributed by atoms with E-state index < -0.39 is 5.41 Å². The first-order chi connectivity index (χ1) is 6.92. The monoisotopic (exact) mass is 290 g/mol. The van der Waals surface area contributed by atoms with Crippen LogP contribution < -0.4 is 11.1 Å². The van der Waals surface area contributed by atoms with E-state index in [-0.39, 0.29) is 5.91 Å². The number of thiophene rings is 1. The van der Waals surface area contributed by atoms with Crippen LogP contribution >= 0.6 is 27.3 Å². The van der Waals surface area contributed by atoms with Gasteiger partial charge in [0.25, 0.3) is 0 Å². The molecule has 0 unspecified atom stereocenters. The molecule has 0 aliphatic heterocycles. The quantitative estimate of drug-likeness (QED) is 0.873. The summed E-state index contributed by atoms with van der Waals surface area (Å²) in [6, 6.07) is 2.06. The Morgan fingerprint density at radius 2 is 2.33 bits per heavy atom. The predicted molar refractivity (Wildman–Crippen MR) is 66.7 cm³/mol. The normalized spacial score (nSPS) is 11.7. The van der Waals surface area contributed by atoms with Crippen molar-refractivity contribution >= 4 is 33.2 Å². The molecule has 0 saturated carbocycles. The van der Waals surface area contributed by atoms with Gasteiger partial charge in [0.1, 0.15) is 0 Å². The van der Waals surface area contributed by atoms with E-state index in [0.717, 1.165) is 10.3 Å². The highest BCUT2D eigenvalue weighted by Gasteiger charge is 2.23. The number of nitrogens with one attached hydrogen (secondary N) is 1. The minimum Gasteiger partial charge on any atom is -0.369 e. The molecule has 1 aromatic rings. The highest BCUT2D eigenvalue weighted by Crippen LogP contribution is 2.20. The second-order valence-electron chi connectivity index (χ2n) is 4.11. The minimum atomic E-state index is -0.493. The second-order valence-corrected chi connectivity index (χ2v) is 6.40. The van der Waals surface area contributed by atoms with Crippen molar-refractivity contribution in [2.45, 2.75) is 20.4 Å². The third-order valence-corrected chi connectivity index (χ3v) is 3.74. The average molecular weight is 291 g/mol. The van der Waals surface area contributed by atoms with Gasteiger partial charge in [-0.15, -0.1) is 11.3 Å². The van der Waals surface area contributed by atoms with Gasteiger partial charge in [-0.25, -0.2) is 0 Å². The number of carbonyl (C=O) groups is 1. The molecule has 5 heteroatoms. The number of primary amides is 1. The number of hydrogen-bond donors (Lipinski definition) is 2. The Morgan fingerprint density at radius 3 is 2.80 bits per heavy atom. The average Bonchev–Trinajstić information content (AvgIpc) is 2.51. The summed E-state index contributed by atoms with van der Waals surface area (Å²) < 4.78 is 1.12. The maximum absolute atomic E-state index is 11.0. The van der Waals surface area contributed by atoms with E-state index in [4.69, 9.17) is 5.73 Å². The molecule has 0 aromatic carbocycles. The van der Waals surface area contributed by atoms with E-state index in [1.54, 1.807) is 11.3 Å². The van der Waals surface area contributed by atoms with Gasteiger partial charge in [0, 0.05) is 13.1 Å². The molecule has 1 heterocycles. The van der Waals surface area contributed by atoms with Crippen LogP contribution in [-0.4, -0.2) is 12.5 Å². The van der Waals surface area contributed by atoms with Crippen molar-refractivity contribution in [3.63, 3.8) is 0 Å². The van der Waals surface area contributed by atoms with E-state index in [1.165, 1.54) is 5.56 Å².